The molecule has 0 aliphatic heterocycles. The fourth-order valence-corrected chi connectivity index (χ4v) is 2.38. The summed E-state index contributed by atoms with van der Waals surface area (Å²) in [5.41, 5.74) is 1.89. The zero-order valence-corrected chi connectivity index (χ0v) is 10.5. The lowest BCUT2D eigenvalue weighted by molar-refractivity contribution is 0.165. The van der Waals surface area contributed by atoms with Gasteiger partial charge < -0.3 is 10.4 Å². The first-order chi connectivity index (χ1) is 8.25. The van der Waals surface area contributed by atoms with Crippen molar-refractivity contribution in [1.29, 1.82) is 0 Å². The SMILES string of the molecule is Cc1ccc([C@@H](O)CNC2CCCCC2)cn1. The van der Waals surface area contributed by atoms with E-state index in [1.54, 1.807) is 6.20 Å². The third kappa shape index (κ3) is 3.79. The van der Waals surface area contributed by atoms with Gasteiger partial charge in [0.05, 0.1) is 6.10 Å². The maximum absolute atomic E-state index is 10.0. The lowest BCUT2D eigenvalue weighted by atomic mass is 9.95. The van der Waals surface area contributed by atoms with E-state index in [2.05, 4.69) is 10.3 Å². The molecular weight excluding hydrogens is 212 g/mol. The molecule has 0 spiro atoms. The van der Waals surface area contributed by atoms with Crippen LogP contribution in [-0.2, 0) is 0 Å². The molecule has 1 heterocycles. The standard InChI is InChI=1S/C14H22N2O/c1-11-7-8-12(9-15-11)14(17)10-16-13-5-3-2-4-6-13/h7-9,13-14,16-17H,2-6,10H2,1H3/t14-/m0/s1. The van der Waals surface area contributed by atoms with Gasteiger partial charge in [-0.15, -0.1) is 0 Å². The smallest absolute Gasteiger partial charge is 0.0929 e. The number of aromatic nitrogens is 1. The topological polar surface area (TPSA) is 45.1 Å². The maximum atomic E-state index is 10.0. The van der Waals surface area contributed by atoms with Gasteiger partial charge in [0.15, 0.2) is 0 Å². The van der Waals surface area contributed by atoms with Crippen LogP contribution in [-0.4, -0.2) is 22.7 Å². The van der Waals surface area contributed by atoms with Crippen LogP contribution in [0.1, 0.15) is 49.5 Å². The second-order valence-corrected chi connectivity index (χ2v) is 4.99. The number of nitrogens with zero attached hydrogens (tertiary/aromatic N) is 1. The molecule has 94 valence electrons. The van der Waals surface area contributed by atoms with Crippen molar-refractivity contribution in [2.45, 2.75) is 51.2 Å². The van der Waals surface area contributed by atoms with Crippen molar-refractivity contribution in [2.75, 3.05) is 6.54 Å². The van der Waals surface area contributed by atoms with E-state index in [-0.39, 0.29) is 0 Å². The normalized spacial score (nSPS) is 19.2. The number of aryl methyl sites for hydroxylation is 1. The molecule has 1 aliphatic carbocycles. The molecule has 0 amide bonds. The van der Waals surface area contributed by atoms with E-state index >= 15 is 0 Å². The van der Waals surface area contributed by atoms with Crippen LogP contribution in [0, 0.1) is 6.92 Å². The minimum Gasteiger partial charge on any atom is -0.387 e. The van der Waals surface area contributed by atoms with Gasteiger partial charge in [-0.1, -0.05) is 25.3 Å². The zero-order valence-electron chi connectivity index (χ0n) is 10.5. The molecule has 1 aromatic heterocycles. The summed E-state index contributed by atoms with van der Waals surface area (Å²) < 4.78 is 0. The number of hydrogen-bond donors (Lipinski definition) is 2. The van der Waals surface area contributed by atoms with Gasteiger partial charge in [-0.05, 0) is 25.8 Å². The monoisotopic (exact) mass is 234 g/mol. The molecule has 3 heteroatoms. The largest absolute Gasteiger partial charge is 0.387 e. The van der Waals surface area contributed by atoms with Gasteiger partial charge in [-0.2, -0.15) is 0 Å². The predicted octanol–water partition coefficient (Wildman–Crippen LogP) is 2.35. The van der Waals surface area contributed by atoms with E-state index in [0.29, 0.717) is 12.6 Å². The van der Waals surface area contributed by atoms with Gasteiger partial charge in [0.2, 0.25) is 0 Å². The predicted molar refractivity (Wildman–Crippen MR) is 68.8 cm³/mol. The summed E-state index contributed by atoms with van der Waals surface area (Å²) in [6.07, 6.45) is 7.83. The minimum atomic E-state index is -0.440. The van der Waals surface area contributed by atoms with Gasteiger partial charge >= 0.3 is 0 Å². The third-order valence-corrected chi connectivity index (χ3v) is 3.52. The summed E-state index contributed by atoms with van der Waals surface area (Å²) in [4.78, 5) is 4.21. The lowest BCUT2D eigenvalue weighted by Crippen LogP contribution is -2.34. The van der Waals surface area contributed by atoms with Crippen molar-refractivity contribution in [1.82, 2.24) is 10.3 Å². The van der Waals surface area contributed by atoms with Gasteiger partial charge in [0.1, 0.15) is 0 Å². The van der Waals surface area contributed by atoms with Crippen LogP contribution in [0.5, 0.6) is 0 Å². The molecule has 17 heavy (non-hydrogen) atoms. The van der Waals surface area contributed by atoms with Gasteiger partial charge in [-0.3, -0.25) is 4.98 Å². The Kier molecular flexibility index (Phi) is 4.51. The van der Waals surface area contributed by atoms with Crippen LogP contribution in [0.3, 0.4) is 0 Å². The van der Waals surface area contributed by atoms with Crippen molar-refractivity contribution in [2.24, 2.45) is 0 Å². The molecular formula is C14H22N2O. The van der Waals surface area contributed by atoms with Crippen LogP contribution in [0.25, 0.3) is 0 Å². The number of aliphatic hydroxyl groups is 1. The molecule has 0 unspecified atom stereocenters. The molecule has 1 saturated carbocycles. The van der Waals surface area contributed by atoms with Gasteiger partial charge in [0, 0.05) is 30.0 Å². The van der Waals surface area contributed by atoms with Crippen molar-refractivity contribution < 1.29 is 5.11 Å². The Labute approximate surface area is 103 Å². The van der Waals surface area contributed by atoms with E-state index in [1.165, 1.54) is 32.1 Å². The third-order valence-electron chi connectivity index (χ3n) is 3.52. The minimum absolute atomic E-state index is 0.440. The Morgan fingerprint density at radius 2 is 2.12 bits per heavy atom. The summed E-state index contributed by atoms with van der Waals surface area (Å²) in [6, 6.07) is 4.49. The van der Waals surface area contributed by atoms with Crippen LogP contribution < -0.4 is 5.32 Å². The summed E-state index contributed by atoms with van der Waals surface area (Å²) >= 11 is 0. The fourth-order valence-electron chi connectivity index (χ4n) is 2.38. The molecule has 2 N–H and O–H groups in total. The first-order valence-corrected chi connectivity index (χ1v) is 6.60. The molecule has 0 bridgehead atoms. The Morgan fingerprint density at radius 3 is 2.76 bits per heavy atom. The first-order valence-electron chi connectivity index (χ1n) is 6.60. The molecule has 1 fully saturated rings. The highest BCUT2D eigenvalue weighted by Crippen LogP contribution is 2.18. The Hall–Kier alpha value is -0.930. The average molecular weight is 234 g/mol. The van der Waals surface area contributed by atoms with Crippen LogP contribution >= 0.6 is 0 Å². The second kappa shape index (κ2) is 6.12. The van der Waals surface area contributed by atoms with Crippen LogP contribution in [0.15, 0.2) is 18.3 Å². The van der Waals surface area contributed by atoms with Gasteiger partial charge in [0.25, 0.3) is 0 Å². The average Bonchev–Trinajstić information content (AvgIpc) is 2.38. The number of hydrogen-bond acceptors (Lipinski definition) is 3. The number of pyridine rings is 1. The number of aliphatic hydroxyl groups excluding tert-OH is 1. The molecule has 0 aromatic carbocycles. The van der Waals surface area contributed by atoms with Crippen molar-refractivity contribution >= 4 is 0 Å². The second-order valence-electron chi connectivity index (χ2n) is 4.99. The van der Waals surface area contributed by atoms with E-state index in [9.17, 15) is 5.11 Å². The molecule has 1 atom stereocenters. The summed E-state index contributed by atoms with van der Waals surface area (Å²) in [5, 5.41) is 13.5. The Balaban J connectivity index is 1.80. The van der Waals surface area contributed by atoms with E-state index < -0.39 is 6.10 Å². The quantitative estimate of drug-likeness (QED) is 0.840. The fraction of sp³-hybridized carbons (Fsp3) is 0.643. The molecule has 2 rings (SSSR count). The Morgan fingerprint density at radius 1 is 1.35 bits per heavy atom. The van der Waals surface area contributed by atoms with Crippen LogP contribution in [0.4, 0.5) is 0 Å². The van der Waals surface area contributed by atoms with Crippen molar-refractivity contribution in [3.8, 4) is 0 Å². The first kappa shape index (κ1) is 12.5. The van der Waals surface area contributed by atoms with E-state index in [1.807, 2.05) is 19.1 Å². The molecule has 3 nitrogen and oxygen atoms in total. The summed E-state index contributed by atoms with van der Waals surface area (Å²) in [6.45, 7) is 2.59. The van der Waals surface area contributed by atoms with Gasteiger partial charge in [-0.25, -0.2) is 0 Å². The highest BCUT2D eigenvalue weighted by Gasteiger charge is 2.15. The molecule has 1 aromatic rings. The summed E-state index contributed by atoms with van der Waals surface area (Å²) in [7, 11) is 0. The van der Waals surface area contributed by atoms with E-state index in [0.717, 1.165) is 11.3 Å². The van der Waals surface area contributed by atoms with Crippen molar-refractivity contribution in [3.63, 3.8) is 0 Å². The molecule has 1 aliphatic rings. The number of rotatable bonds is 4. The lowest BCUT2D eigenvalue weighted by Gasteiger charge is -2.24. The zero-order chi connectivity index (χ0) is 12.1. The maximum Gasteiger partial charge on any atom is 0.0929 e. The Bertz CT molecular complexity index is 331. The summed E-state index contributed by atoms with van der Waals surface area (Å²) in [5.74, 6) is 0. The van der Waals surface area contributed by atoms with Crippen molar-refractivity contribution in [3.05, 3.63) is 29.6 Å². The van der Waals surface area contributed by atoms with Crippen LogP contribution in [0.2, 0.25) is 0 Å². The molecule has 0 saturated heterocycles. The highest BCUT2D eigenvalue weighted by molar-refractivity contribution is 5.15. The number of nitrogens with one attached hydrogen (secondary N) is 1. The van der Waals surface area contributed by atoms with E-state index in [4.69, 9.17) is 0 Å². The molecule has 0 radical (unpaired) electrons. The highest BCUT2D eigenvalue weighted by atomic mass is 16.3.